The molecule has 1 aromatic heterocycles. The summed E-state index contributed by atoms with van der Waals surface area (Å²) < 4.78 is 20.8. The molecule has 2 N–H and O–H groups in total. The summed E-state index contributed by atoms with van der Waals surface area (Å²) >= 11 is 1.20. The van der Waals surface area contributed by atoms with Gasteiger partial charge in [0.05, 0.1) is 5.51 Å². The summed E-state index contributed by atoms with van der Waals surface area (Å²) in [5.74, 6) is 0. The SMILES string of the molecule is NS(=O)(=O)c1cscn1. The number of hydrogen-bond donors (Lipinski definition) is 1. The first-order chi connectivity index (χ1) is 4.11. The highest BCUT2D eigenvalue weighted by molar-refractivity contribution is 7.89. The van der Waals surface area contributed by atoms with Crippen molar-refractivity contribution in [2.24, 2.45) is 5.14 Å². The maximum Gasteiger partial charge on any atom is 0.256 e. The van der Waals surface area contributed by atoms with Crippen molar-refractivity contribution >= 4 is 21.4 Å². The molecule has 4 nitrogen and oxygen atoms in total. The largest absolute Gasteiger partial charge is 0.256 e. The summed E-state index contributed by atoms with van der Waals surface area (Å²) in [6.45, 7) is 0. The van der Waals surface area contributed by atoms with E-state index < -0.39 is 10.0 Å². The van der Waals surface area contributed by atoms with Crippen LogP contribution in [0.1, 0.15) is 0 Å². The molecule has 0 aliphatic rings. The van der Waals surface area contributed by atoms with Crippen molar-refractivity contribution in [3.63, 3.8) is 0 Å². The van der Waals surface area contributed by atoms with Crippen LogP contribution in [0.15, 0.2) is 15.9 Å². The fourth-order valence-corrected chi connectivity index (χ4v) is 1.72. The van der Waals surface area contributed by atoms with Crippen LogP contribution in [0.25, 0.3) is 0 Å². The number of aromatic nitrogens is 1. The average Bonchev–Trinajstić information content (AvgIpc) is 2.08. The van der Waals surface area contributed by atoms with Crippen molar-refractivity contribution in [3.8, 4) is 0 Å². The number of thiazole rings is 1. The third-order valence-electron chi connectivity index (χ3n) is 0.701. The Kier molecular flexibility index (Phi) is 1.52. The van der Waals surface area contributed by atoms with E-state index in [0.29, 0.717) is 0 Å². The molecule has 0 atom stereocenters. The molecule has 0 bridgehead atoms. The number of sulfonamides is 1. The van der Waals surface area contributed by atoms with E-state index in [1.807, 2.05) is 0 Å². The molecule has 0 aliphatic carbocycles. The monoisotopic (exact) mass is 164 g/mol. The number of nitrogens with zero attached hydrogens (tertiary/aromatic N) is 1. The van der Waals surface area contributed by atoms with E-state index >= 15 is 0 Å². The number of nitrogens with two attached hydrogens (primary N) is 1. The molecular weight excluding hydrogens is 160 g/mol. The van der Waals surface area contributed by atoms with Crippen molar-refractivity contribution in [1.82, 2.24) is 4.98 Å². The second kappa shape index (κ2) is 2.05. The summed E-state index contributed by atoms with van der Waals surface area (Å²) in [5, 5.41) is 6.04. The zero-order valence-corrected chi connectivity index (χ0v) is 5.95. The lowest BCUT2D eigenvalue weighted by molar-refractivity contribution is 0.595. The van der Waals surface area contributed by atoms with Gasteiger partial charge in [-0.2, -0.15) is 0 Å². The van der Waals surface area contributed by atoms with Gasteiger partial charge in [0.1, 0.15) is 0 Å². The fourth-order valence-electron chi connectivity index (χ4n) is 0.342. The normalized spacial score (nSPS) is 11.7. The van der Waals surface area contributed by atoms with E-state index in [2.05, 4.69) is 4.98 Å². The Hall–Kier alpha value is -0.460. The van der Waals surface area contributed by atoms with Gasteiger partial charge < -0.3 is 0 Å². The average molecular weight is 164 g/mol. The summed E-state index contributed by atoms with van der Waals surface area (Å²) in [4.78, 5) is 3.49. The summed E-state index contributed by atoms with van der Waals surface area (Å²) in [7, 11) is -3.56. The minimum Gasteiger partial charge on any atom is -0.232 e. The molecule has 0 spiro atoms. The predicted molar refractivity (Wildman–Crippen MR) is 33.5 cm³/mol. The molecule has 0 amide bonds. The first-order valence-corrected chi connectivity index (χ1v) is 4.50. The highest BCUT2D eigenvalue weighted by Gasteiger charge is 2.07. The number of primary sulfonamides is 1. The lowest BCUT2D eigenvalue weighted by atomic mass is 11.0. The molecule has 1 heterocycles. The van der Waals surface area contributed by atoms with Gasteiger partial charge in [0.15, 0.2) is 5.03 Å². The third kappa shape index (κ3) is 1.47. The Morgan fingerprint density at radius 2 is 2.33 bits per heavy atom. The molecule has 0 aromatic carbocycles. The van der Waals surface area contributed by atoms with Gasteiger partial charge in [-0.15, -0.1) is 11.3 Å². The zero-order chi connectivity index (χ0) is 6.91. The summed E-state index contributed by atoms with van der Waals surface area (Å²) in [5.41, 5.74) is 1.42. The molecule has 1 aromatic rings. The molecule has 50 valence electrons. The van der Waals surface area contributed by atoms with Crippen molar-refractivity contribution in [2.45, 2.75) is 5.03 Å². The molecule has 0 saturated carbocycles. The smallest absolute Gasteiger partial charge is 0.232 e. The van der Waals surface area contributed by atoms with E-state index in [4.69, 9.17) is 5.14 Å². The van der Waals surface area contributed by atoms with E-state index in [1.54, 1.807) is 0 Å². The van der Waals surface area contributed by atoms with Gasteiger partial charge in [0, 0.05) is 5.38 Å². The first kappa shape index (κ1) is 6.66. The van der Waals surface area contributed by atoms with Gasteiger partial charge >= 0.3 is 0 Å². The second-order valence-electron chi connectivity index (χ2n) is 1.37. The molecule has 1 rings (SSSR count). The van der Waals surface area contributed by atoms with Gasteiger partial charge in [0.25, 0.3) is 10.0 Å². The van der Waals surface area contributed by atoms with Gasteiger partial charge in [-0.05, 0) is 0 Å². The van der Waals surface area contributed by atoms with Crippen LogP contribution in [0, 0.1) is 0 Å². The van der Waals surface area contributed by atoms with Crippen LogP contribution in [-0.4, -0.2) is 13.4 Å². The predicted octanol–water partition coefficient (Wildman–Crippen LogP) is -0.209. The van der Waals surface area contributed by atoms with Crippen LogP contribution in [0.2, 0.25) is 0 Å². The van der Waals surface area contributed by atoms with Crippen molar-refractivity contribution in [3.05, 3.63) is 10.9 Å². The third-order valence-corrected chi connectivity index (χ3v) is 2.24. The van der Waals surface area contributed by atoms with Gasteiger partial charge in [-0.1, -0.05) is 0 Å². The topological polar surface area (TPSA) is 73.1 Å². The Labute approximate surface area is 56.4 Å². The Balaban J connectivity index is 3.20. The highest BCUT2D eigenvalue weighted by Crippen LogP contribution is 2.04. The van der Waals surface area contributed by atoms with Crippen molar-refractivity contribution in [1.29, 1.82) is 0 Å². The molecule has 9 heavy (non-hydrogen) atoms. The Morgan fingerprint density at radius 3 is 2.56 bits per heavy atom. The zero-order valence-electron chi connectivity index (χ0n) is 4.31. The van der Waals surface area contributed by atoms with Crippen LogP contribution < -0.4 is 5.14 Å². The van der Waals surface area contributed by atoms with Crippen LogP contribution in [0.5, 0.6) is 0 Å². The second-order valence-corrected chi connectivity index (χ2v) is 3.60. The maximum absolute atomic E-state index is 10.4. The molecule has 0 aliphatic heterocycles. The van der Waals surface area contributed by atoms with Gasteiger partial charge in [-0.25, -0.2) is 18.5 Å². The quantitative estimate of drug-likeness (QED) is 0.624. The first-order valence-electron chi connectivity index (χ1n) is 2.02. The van der Waals surface area contributed by atoms with Crippen molar-refractivity contribution in [2.75, 3.05) is 0 Å². The Morgan fingerprint density at radius 1 is 1.67 bits per heavy atom. The fraction of sp³-hybridized carbons (Fsp3) is 0. The lowest BCUT2D eigenvalue weighted by Gasteiger charge is -1.85. The van der Waals surface area contributed by atoms with E-state index in [1.165, 1.54) is 22.2 Å². The van der Waals surface area contributed by atoms with Crippen LogP contribution >= 0.6 is 11.3 Å². The van der Waals surface area contributed by atoms with E-state index in [0.717, 1.165) is 0 Å². The van der Waals surface area contributed by atoms with E-state index in [-0.39, 0.29) is 5.03 Å². The van der Waals surface area contributed by atoms with Gasteiger partial charge in [0.2, 0.25) is 0 Å². The van der Waals surface area contributed by atoms with Crippen LogP contribution in [0.4, 0.5) is 0 Å². The molecule has 0 fully saturated rings. The van der Waals surface area contributed by atoms with E-state index in [9.17, 15) is 8.42 Å². The van der Waals surface area contributed by atoms with Gasteiger partial charge in [-0.3, -0.25) is 0 Å². The minimum atomic E-state index is -3.56. The molecular formula is C3H4N2O2S2. The summed E-state index contributed by atoms with van der Waals surface area (Å²) in [6.07, 6.45) is 0. The number of rotatable bonds is 1. The summed E-state index contributed by atoms with van der Waals surface area (Å²) in [6, 6.07) is 0. The Bertz CT molecular complexity index is 275. The molecule has 0 radical (unpaired) electrons. The van der Waals surface area contributed by atoms with Crippen LogP contribution in [-0.2, 0) is 10.0 Å². The molecule has 0 unspecified atom stereocenters. The van der Waals surface area contributed by atoms with Crippen molar-refractivity contribution < 1.29 is 8.42 Å². The molecule has 0 saturated heterocycles. The minimum absolute atomic E-state index is 0.0625. The number of hydrogen-bond acceptors (Lipinski definition) is 4. The lowest BCUT2D eigenvalue weighted by Crippen LogP contribution is -2.11. The maximum atomic E-state index is 10.4. The highest BCUT2D eigenvalue weighted by atomic mass is 32.2. The standard InChI is InChI=1S/C3H4N2O2S2/c4-9(6,7)3-1-8-2-5-3/h1-2H,(H2,4,6,7). The molecule has 6 heteroatoms. The van der Waals surface area contributed by atoms with Crippen LogP contribution in [0.3, 0.4) is 0 Å².